The third-order valence-electron chi connectivity index (χ3n) is 3.42. The topological polar surface area (TPSA) is 62.2 Å². The van der Waals surface area contributed by atoms with Crippen LogP contribution in [0.15, 0.2) is 15.8 Å². The van der Waals surface area contributed by atoms with E-state index in [1.807, 2.05) is 0 Å². The second kappa shape index (κ2) is 10.0. The molecule has 2 aromatic heterocycles. The summed E-state index contributed by atoms with van der Waals surface area (Å²) in [6, 6.07) is 0. The number of aromatic nitrogens is 2. The standard InChI is InChI=1S/C16H22F3N5S2.HI/c1-15(2,3)10-8-25-12(23-10)5-6-21-14(20-4)22-7-13-24-11(9-26-13)16(17,18)19;/h8-9H,5-7H2,1-4H3,(H2,20,21,22);1H. The molecule has 0 saturated heterocycles. The summed E-state index contributed by atoms with van der Waals surface area (Å²) in [6.07, 6.45) is -3.66. The van der Waals surface area contributed by atoms with Gasteiger partial charge in [-0.1, -0.05) is 20.8 Å². The van der Waals surface area contributed by atoms with Crippen molar-refractivity contribution in [3.8, 4) is 0 Å². The first kappa shape index (κ1) is 24.1. The summed E-state index contributed by atoms with van der Waals surface area (Å²) < 4.78 is 37.7. The van der Waals surface area contributed by atoms with E-state index >= 15 is 0 Å². The average molecular weight is 533 g/mol. The fourth-order valence-electron chi connectivity index (χ4n) is 1.96. The van der Waals surface area contributed by atoms with Crippen LogP contribution < -0.4 is 10.6 Å². The van der Waals surface area contributed by atoms with Crippen LogP contribution in [-0.4, -0.2) is 29.5 Å². The Morgan fingerprint density at radius 1 is 1.04 bits per heavy atom. The predicted molar refractivity (Wildman–Crippen MR) is 115 cm³/mol. The lowest BCUT2D eigenvalue weighted by Crippen LogP contribution is -2.37. The number of rotatable bonds is 5. The Hall–Kier alpha value is -0.950. The summed E-state index contributed by atoms with van der Waals surface area (Å²) >= 11 is 2.59. The smallest absolute Gasteiger partial charge is 0.356 e. The maximum absolute atomic E-state index is 12.6. The van der Waals surface area contributed by atoms with Crippen molar-refractivity contribution in [1.29, 1.82) is 0 Å². The SMILES string of the molecule is CN=C(NCCc1nc(C(C)(C)C)cs1)NCc1nc(C(F)(F)F)cs1.I. The molecule has 0 aliphatic carbocycles. The normalized spacial score (nSPS) is 12.6. The van der Waals surface area contributed by atoms with Crippen molar-refractivity contribution in [2.24, 2.45) is 4.99 Å². The molecule has 11 heteroatoms. The average Bonchev–Trinajstić information content (AvgIpc) is 3.18. The van der Waals surface area contributed by atoms with Gasteiger partial charge in [-0.3, -0.25) is 4.99 Å². The Morgan fingerprint density at radius 2 is 1.63 bits per heavy atom. The van der Waals surface area contributed by atoms with E-state index in [0.29, 0.717) is 17.5 Å². The largest absolute Gasteiger partial charge is 0.434 e. The Kier molecular flexibility index (Phi) is 8.93. The molecular weight excluding hydrogens is 510 g/mol. The molecule has 2 N–H and O–H groups in total. The highest BCUT2D eigenvalue weighted by Crippen LogP contribution is 2.29. The number of hydrogen-bond acceptors (Lipinski definition) is 5. The van der Waals surface area contributed by atoms with E-state index in [9.17, 15) is 13.2 Å². The minimum Gasteiger partial charge on any atom is -0.356 e. The van der Waals surface area contributed by atoms with E-state index in [1.54, 1.807) is 18.4 Å². The molecule has 5 nitrogen and oxygen atoms in total. The van der Waals surface area contributed by atoms with Gasteiger partial charge in [-0.2, -0.15) is 13.2 Å². The summed E-state index contributed by atoms with van der Waals surface area (Å²) in [4.78, 5) is 12.3. The van der Waals surface area contributed by atoms with Crippen molar-refractivity contribution in [2.45, 2.75) is 45.3 Å². The van der Waals surface area contributed by atoms with Gasteiger partial charge in [0.1, 0.15) is 5.01 Å². The number of hydrogen-bond donors (Lipinski definition) is 2. The molecule has 2 rings (SSSR count). The lowest BCUT2D eigenvalue weighted by Gasteiger charge is -2.14. The van der Waals surface area contributed by atoms with E-state index in [2.05, 4.69) is 51.7 Å². The number of aliphatic imine (C=N–C) groups is 1. The molecule has 0 amide bonds. The third-order valence-corrected chi connectivity index (χ3v) is 5.18. The number of halogens is 4. The molecule has 0 unspecified atom stereocenters. The molecule has 152 valence electrons. The van der Waals surface area contributed by atoms with Gasteiger partial charge in [-0.25, -0.2) is 9.97 Å². The van der Waals surface area contributed by atoms with E-state index < -0.39 is 11.9 Å². The van der Waals surface area contributed by atoms with Gasteiger partial charge in [0.25, 0.3) is 0 Å². The van der Waals surface area contributed by atoms with Crippen LogP contribution in [0.2, 0.25) is 0 Å². The fraction of sp³-hybridized carbons (Fsp3) is 0.562. The maximum atomic E-state index is 12.6. The van der Waals surface area contributed by atoms with E-state index in [-0.39, 0.29) is 35.9 Å². The zero-order valence-electron chi connectivity index (χ0n) is 15.5. The number of alkyl halides is 3. The Morgan fingerprint density at radius 3 is 2.15 bits per heavy atom. The second-order valence-corrected chi connectivity index (χ2v) is 8.49. The minimum absolute atomic E-state index is 0. The van der Waals surface area contributed by atoms with Crippen LogP contribution in [0.3, 0.4) is 0 Å². The molecule has 2 aromatic rings. The zero-order chi connectivity index (χ0) is 19.4. The lowest BCUT2D eigenvalue weighted by atomic mass is 9.93. The number of nitrogens with zero attached hydrogens (tertiary/aromatic N) is 3. The van der Waals surface area contributed by atoms with Crippen LogP contribution in [0.25, 0.3) is 0 Å². The molecule has 0 aliphatic heterocycles. The number of thiazole rings is 2. The molecule has 0 radical (unpaired) electrons. The molecular formula is C16H23F3IN5S2. The van der Waals surface area contributed by atoms with Crippen molar-refractivity contribution in [3.05, 3.63) is 32.2 Å². The van der Waals surface area contributed by atoms with Gasteiger partial charge in [0.05, 0.1) is 17.2 Å². The van der Waals surface area contributed by atoms with Crippen LogP contribution in [0, 0.1) is 0 Å². The molecule has 0 bridgehead atoms. The van der Waals surface area contributed by atoms with E-state index in [4.69, 9.17) is 0 Å². The van der Waals surface area contributed by atoms with Gasteiger partial charge in [0.2, 0.25) is 0 Å². The minimum atomic E-state index is -4.41. The molecule has 0 saturated carbocycles. The number of nitrogens with one attached hydrogen (secondary N) is 2. The summed E-state index contributed by atoms with van der Waals surface area (Å²) in [6.45, 7) is 7.18. The summed E-state index contributed by atoms with van der Waals surface area (Å²) in [5.41, 5.74) is 0.243. The Bertz CT molecular complexity index is 750. The summed E-state index contributed by atoms with van der Waals surface area (Å²) in [5, 5.41) is 10.6. The zero-order valence-corrected chi connectivity index (χ0v) is 19.4. The highest BCUT2D eigenvalue weighted by Gasteiger charge is 2.33. The van der Waals surface area contributed by atoms with Crippen molar-refractivity contribution < 1.29 is 13.2 Å². The van der Waals surface area contributed by atoms with Gasteiger partial charge in [-0.15, -0.1) is 46.7 Å². The second-order valence-electron chi connectivity index (χ2n) is 6.60. The van der Waals surface area contributed by atoms with Crippen molar-refractivity contribution in [1.82, 2.24) is 20.6 Å². The first-order valence-corrected chi connectivity index (χ1v) is 9.76. The first-order chi connectivity index (χ1) is 12.1. The monoisotopic (exact) mass is 533 g/mol. The van der Waals surface area contributed by atoms with Crippen LogP contribution >= 0.6 is 46.7 Å². The van der Waals surface area contributed by atoms with Crippen molar-refractivity contribution in [3.63, 3.8) is 0 Å². The molecule has 0 aromatic carbocycles. The summed E-state index contributed by atoms with van der Waals surface area (Å²) in [5.74, 6) is 0.515. The van der Waals surface area contributed by atoms with Gasteiger partial charge in [0, 0.05) is 36.2 Å². The van der Waals surface area contributed by atoms with Crippen LogP contribution in [-0.2, 0) is 24.6 Å². The molecule has 0 spiro atoms. The van der Waals surface area contributed by atoms with Crippen molar-refractivity contribution in [2.75, 3.05) is 13.6 Å². The molecule has 0 aliphatic rings. The quantitative estimate of drug-likeness (QED) is 0.339. The highest BCUT2D eigenvalue weighted by molar-refractivity contribution is 14.0. The van der Waals surface area contributed by atoms with Crippen LogP contribution in [0.1, 0.15) is 42.2 Å². The summed E-state index contributed by atoms with van der Waals surface area (Å²) in [7, 11) is 1.61. The Balaban J connectivity index is 0.00000364. The van der Waals surface area contributed by atoms with Gasteiger partial charge in [0.15, 0.2) is 11.7 Å². The molecule has 0 fully saturated rings. The van der Waals surface area contributed by atoms with Crippen molar-refractivity contribution >= 4 is 52.6 Å². The van der Waals surface area contributed by atoms with Gasteiger partial charge >= 0.3 is 6.18 Å². The molecule has 0 atom stereocenters. The molecule has 27 heavy (non-hydrogen) atoms. The Labute approximate surface area is 181 Å². The van der Waals surface area contributed by atoms with Crippen LogP contribution in [0.5, 0.6) is 0 Å². The lowest BCUT2D eigenvalue weighted by molar-refractivity contribution is -0.140. The predicted octanol–water partition coefficient (Wildman–Crippen LogP) is 4.44. The van der Waals surface area contributed by atoms with Gasteiger partial charge in [-0.05, 0) is 0 Å². The maximum Gasteiger partial charge on any atom is 0.434 e. The fourth-order valence-corrected chi connectivity index (χ4v) is 3.73. The van der Waals surface area contributed by atoms with E-state index in [1.165, 1.54) is 0 Å². The van der Waals surface area contributed by atoms with E-state index in [0.717, 1.165) is 33.8 Å². The third kappa shape index (κ3) is 7.53. The van der Waals surface area contributed by atoms with Crippen LogP contribution in [0.4, 0.5) is 13.2 Å². The van der Waals surface area contributed by atoms with Gasteiger partial charge < -0.3 is 10.6 Å². The number of guanidine groups is 1. The first-order valence-electron chi connectivity index (χ1n) is 8.00. The molecule has 2 heterocycles. The highest BCUT2D eigenvalue weighted by atomic mass is 127.